The van der Waals surface area contributed by atoms with Crippen molar-refractivity contribution < 1.29 is 24.2 Å². The molecule has 0 spiro atoms. The quantitative estimate of drug-likeness (QED) is 0.348. The molecule has 204 valence electrons. The van der Waals surface area contributed by atoms with Crippen LogP contribution >= 0.6 is 0 Å². The number of rotatable bonds is 12. The van der Waals surface area contributed by atoms with Crippen LogP contribution in [0.25, 0.3) is 0 Å². The van der Waals surface area contributed by atoms with E-state index in [4.69, 9.17) is 9.47 Å². The number of anilines is 1. The second-order valence-corrected chi connectivity index (χ2v) is 11.6. The van der Waals surface area contributed by atoms with Crippen molar-refractivity contribution >= 4 is 17.7 Å². The molecule has 0 bridgehead atoms. The largest absolute Gasteiger partial charge is 0.480 e. The summed E-state index contributed by atoms with van der Waals surface area (Å²) in [5.41, 5.74) is 3.55. The van der Waals surface area contributed by atoms with Gasteiger partial charge in [0.1, 0.15) is 11.6 Å². The van der Waals surface area contributed by atoms with Crippen LogP contribution in [0.15, 0.2) is 48.5 Å². The first-order chi connectivity index (χ1) is 17.3. The number of aliphatic carboxylic acids is 1. The fourth-order valence-electron chi connectivity index (χ4n) is 3.85. The zero-order valence-electron chi connectivity index (χ0n) is 23.5. The molecule has 1 amide bonds. The third kappa shape index (κ3) is 11.7. The maximum atomic E-state index is 12.2. The van der Waals surface area contributed by atoms with E-state index >= 15 is 0 Å². The number of nitrogens with one attached hydrogen (secondary N) is 1. The third-order valence-electron chi connectivity index (χ3n) is 5.48. The van der Waals surface area contributed by atoms with Crippen molar-refractivity contribution in [1.82, 2.24) is 5.32 Å². The van der Waals surface area contributed by atoms with Gasteiger partial charge in [-0.2, -0.15) is 0 Å². The molecule has 1 unspecified atom stereocenters. The Bertz CT molecular complexity index is 1010. The summed E-state index contributed by atoms with van der Waals surface area (Å²) < 4.78 is 11.2. The summed E-state index contributed by atoms with van der Waals surface area (Å²) in [6.07, 6.45) is 0.241. The molecule has 2 aromatic carbocycles. The third-order valence-corrected chi connectivity index (χ3v) is 5.48. The molecule has 1 atom stereocenters. The van der Waals surface area contributed by atoms with Gasteiger partial charge in [-0.25, -0.2) is 9.59 Å². The average molecular weight is 513 g/mol. The monoisotopic (exact) mass is 512 g/mol. The highest BCUT2D eigenvalue weighted by Gasteiger charge is 2.24. The summed E-state index contributed by atoms with van der Waals surface area (Å²) in [5.74, 6) is -1.10. The van der Waals surface area contributed by atoms with Crippen LogP contribution in [0.2, 0.25) is 0 Å². The molecule has 0 aliphatic carbocycles. The second kappa shape index (κ2) is 13.5. The molecule has 0 radical (unpaired) electrons. The number of aryl methyl sites for hydroxylation is 1. The van der Waals surface area contributed by atoms with Gasteiger partial charge in [0, 0.05) is 25.2 Å². The number of carboxylic acids is 1. The Morgan fingerprint density at radius 3 is 2.16 bits per heavy atom. The number of benzene rings is 2. The zero-order chi connectivity index (χ0) is 27.6. The van der Waals surface area contributed by atoms with Crippen LogP contribution in [0, 0.1) is 5.41 Å². The highest BCUT2D eigenvalue weighted by Crippen LogP contribution is 2.21. The molecular formula is C30H44N2O5. The van der Waals surface area contributed by atoms with Crippen LogP contribution < -0.4 is 10.2 Å². The summed E-state index contributed by atoms with van der Waals surface area (Å²) in [7, 11) is 0. The number of hydrogen-bond acceptors (Lipinski definition) is 5. The summed E-state index contributed by atoms with van der Waals surface area (Å²) in [6.45, 7) is 16.4. The van der Waals surface area contributed by atoms with E-state index in [1.807, 2.05) is 30.3 Å². The Balaban J connectivity index is 2.22. The van der Waals surface area contributed by atoms with Crippen LogP contribution in [-0.4, -0.2) is 48.6 Å². The topological polar surface area (TPSA) is 88.1 Å². The van der Waals surface area contributed by atoms with Gasteiger partial charge in [-0.05, 0) is 61.4 Å². The predicted octanol–water partition coefficient (Wildman–Crippen LogP) is 5.84. The van der Waals surface area contributed by atoms with Gasteiger partial charge in [-0.3, -0.25) is 0 Å². The Morgan fingerprint density at radius 2 is 1.59 bits per heavy atom. The van der Waals surface area contributed by atoms with Gasteiger partial charge in [-0.15, -0.1) is 0 Å². The highest BCUT2D eigenvalue weighted by atomic mass is 16.6. The van der Waals surface area contributed by atoms with Crippen molar-refractivity contribution in [3.05, 3.63) is 65.2 Å². The molecule has 0 heterocycles. The normalized spacial score (nSPS) is 12.6. The molecule has 0 saturated heterocycles. The molecule has 0 aliphatic heterocycles. The van der Waals surface area contributed by atoms with Crippen LogP contribution in [-0.2, 0) is 33.7 Å². The number of carbonyl (C=O) groups is 2. The molecular weight excluding hydrogens is 468 g/mol. The number of para-hydroxylation sites is 1. The average Bonchev–Trinajstić information content (AvgIpc) is 2.79. The van der Waals surface area contributed by atoms with Gasteiger partial charge in [0.15, 0.2) is 0 Å². The number of nitrogens with zero attached hydrogens (tertiary/aromatic N) is 1. The van der Waals surface area contributed by atoms with Crippen LogP contribution in [0.5, 0.6) is 0 Å². The fourth-order valence-corrected chi connectivity index (χ4v) is 3.85. The van der Waals surface area contributed by atoms with E-state index in [1.165, 1.54) is 0 Å². The van der Waals surface area contributed by atoms with Crippen molar-refractivity contribution in [3.63, 3.8) is 0 Å². The Labute approximate surface area is 222 Å². The smallest absolute Gasteiger partial charge is 0.408 e. The summed E-state index contributed by atoms with van der Waals surface area (Å²) in [4.78, 5) is 26.4. The van der Waals surface area contributed by atoms with Crippen molar-refractivity contribution in [2.75, 3.05) is 24.7 Å². The first kappa shape index (κ1) is 30.2. The van der Waals surface area contributed by atoms with Gasteiger partial charge in [-0.1, -0.05) is 64.1 Å². The summed E-state index contributed by atoms with van der Waals surface area (Å²) in [5, 5.41) is 12.3. The molecule has 0 fully saturated rings. The molecule has 2 N–H and O–H groups in total. The summed E-state index contributed by atoms with van der Waals surface area (Å²) in [6, 6.07) is 15.3. The molecule has 0 aromatic heterocycles. The number of amides is 1. The molecule has 37 heavy (non-hydrogen) atoms. The van der Waals surface area contributed by atoms with E-state index in [0.29, 0.717) is 19.8 Å². The maximum absolute atomic E-state index is 12.2. The Morgan fingerprint density at radius 1 is 0.973 bits per heavy atom. The predicted molar refractivity (Wildman–Crippen MR) is 148 cm³/mol. The van der Waals surface area contributed by atoms with Crippen molar-refractivity contribution in [2.24, 2.45) is 5.41 Å². The van der Waals surface area contributed by atoms with Gasteiger partial charge in [0.2, 0.25) is 0 Å². The molecule has 0 saturated carbocycles. The van der Waals surface area contributed by atoms with Crippen molar-refractivity contribution in [2.45, 2.75) is 79.5 Å². The number of ether oxygens (including phenoxy) is 2. The molecule has 7 heteroatoms. The standard InChI is InChI=1S/C30H44N2O5/c1-8-22-16-23(19-26(27(33)34)31-28(35)37-30(5,6)7)18-24(17-22)20-32(25-12-10-9-11-13-25)14-15-36-21-29(2,3)4/h9-13,16-18,26H,8,14-15,19-21H2,1-7H3,(H,31,35)(H,33,34). The minimum absolute atomic E-state index is 0.107. The minimum atomic E-state index is -1.10. The van der Waals surface area contributed by atoms with Crippen LogP contribution in [0.3, 0.4) is 0 Å². The number of hydrogen-bond donors (Lipinski definition) is 2. The van der Waals surface area contributed by atoms with Crippen molar-refractivity contribution in [3.8, 4) is 0 Å². The van der Waals surface area contributed by atoms with E-state index in [2.05, 4.69) is 56.1 Å². The molecule has 7 nitrogen and oxygen atoms in total. The summed E-state index contributed by atoms with van der Waals surface area (Å²) >= 11 is 0. The zero-order valence-corrected chi connectivity index (χ0v) is 23.5. The van der Waals surface area contributed by atoms with Gasteiger partial charge in [0.05, 0.1) is 13.2 Å². The van der Waals surface area contributed by atoms with E-state index in [9.17, 15) is 14.7 Å². The number of alkyl carbamates (subject to hydrolysis) is 1. The Hall–Kier alpha value is -3.06. The van der Waals surface area contributed by atoms with E-state index in [0.717, 1.165) is 35.3 Å². The molecule has 0 aliphatic rings. The van der Waals surface area contributed by atoms with E-state index in [1.54, 1.807) is 20.8 Å². The van der Waals surface area contributed by atoms with E-state index in [-0.39, 0.29) is 11.8 Å². The van der Waals surface area contributed by atoms with Crippen LogP contribution in [0.1, 0.15) is 65.2 Å². The second-order valence-electron chi connectivity index (χ2n) is 11.6. The SMILES string of the molecule is CCc1cc(CC(NC(=O)OC(C)(C)C)C(=O)O)cc(CN(CCOCC(C)(C)C)c2ccccc2)c1. The maximum Gasteiger partial charge on any atom is 0.408 e. The lowest BCUT2D eigenvalue weighted by molar-refractivity contribution is -0.139. The first-order valence-corrected chi connectivity index (χ1v) is 13.0. The molecule has 2 rings (SSSR count). The van der Waals surface area contributed by atoms with Gasteiger partial charge in [0.25, 0.3) is 0 Å². The van der Waals surface area contributed by atoms with Crippen LogP contribution in [0.4, 0.5) is 10.5 Å². The number of carboxylic acid groups (broad SMARTS) is 1. The lowest BCUT2D eigenvalue weighted by atomic mass is 9.98. The lowest BCUT2D eigenvalue weighted by Gasteiger charge is -2.27. The first-order valence-electron chi connectivity index (χ1n) is 13.0. The van der Waals surface area contributed by atoms with Gasteiger partial charge < -0.3 is 24.8 Å². The van der Waals surface area contributed by atoms with Crippen molar-refractivity contribution in [1.29, 1.82) is 0 Å². The molecule has 2 aromatic rings. The Kier molecular flexibility index (Phi) is 11.0. The minimum Gasteiger partial charge on any atom is -0.480 e. The van der Waals surface area contributed by atoms with Gasteiger partial charge >= 0.3 is 12.1 Å². The number of carbonyl (C=O) groups excluding carboxylic acids is 1. The fraction of sp³-hybridized carbons (Fsp3) is 0.533. The highest BCUT2D eigenvalue weighted by molar-refractivity contribution is 5.80. The lowest BCUT2D eigenvalue weighted by Crippen LogP contribution is -2.44. The van der Waals surface area contributed by atoms with E-state index < -0.39 is 23.7 Å².